The van der Waals surface area contributed by atoms with Gasteiger partial charge in [-0.3, -0.25) is 19.3 Å². The van der Waals surface area contributed by atoms with Gasteiger partial charge in [-0.1, -0.05) is 54.8 Å². The van der Waals surface area contributed by atoms with Crippen LogP contribution in [0.1, 0.15) is 63.9 Å². The molecule has 2 heterocycles. The standard InChI is InChI=1S/C35H40ClNO7/c1-2-22(17-23-13-14-25(38)19-29(23)36)12-15-30-32-24(20-43-26-9-5-3-6-10-26)18-27-33(28(32)21-44-30)35(42)37(34(27)41)16-8-4-7-11-31(39)40/h3,5-6,9-10,13-14,17,19,27-28,30,33,38H,2,4,7-8,11-12,15-16,18,20-21H2,1H3,(H,39,40)/b22-17+/t27-,28+,30-,33-/m1/s1. The summed E-state index contributed by atoms with van der Waals surface area (Å²) in [6.07, 6.45) is 6.51. The molecule has 2 saturated heterocycles. The molecular weight excluding hydrogens is 582 g/mol. The number of likely N-dealkylation sites (tertiary alicyclic amines) is 1. The van der Waals surface area contributed by atoms with Crippen LogP contribution >= 0.6 is 11.6 Å². The van der Waals surface area contributed by atoms with E-state index in [1.165, 1.54) is 16.5 Å². The quantitative estimate of drug-likeness (QED) is 0.138. The molecule has 0 radical (unpaired) electrons. The molecule has 0 spiro atoms. The summed E-state index contributed by atoms with van der Waals surface area (Å²) in [7, 11) is 0. The minimum Gasteiger partial charge on any atom is -0.508 e. The van der Waals surface area contributed by atoms with Crippen molar-refractivity contribution in [3.05, 3.63) is 75.8 Å². The Morgan fingerprint density at radius 1 is 1.07 bits per heavy atom. The third-order valence-corrected chi connectivity index (χ3v) is 9.38. The number of carboxylic acids is 1. The summed E-state index contributed by atoms with van der Waals surface area (Å²) in [5.41, 5.74) is 4.18. The van der Waals surface area contributed by atoms with E-state index in [2.05, 4.69) is 13.0 Å². The Balaban J connectivity index is 1.34. The lowest BCUT2D eigenvalue weighted by Crippen LogP contribution is -2.35. The second kappa shape index (κ2) is 14.4. The predicted molar refractivity (Wildman–Crippen MR) is 167 cm³/mol. The largest absolute Gasteiger partial charge is 0.508 e. The summed E-state index contributed by atoms with van der Waals surface area (Å²) < 4.78 is 12.6. The van der Waals surface area contributed by atoms with Crippen molar-refractivity contribution in [1.82, 2.24) is 4.90 Å². The van der Waals surface area contributed by atoms with Gasteiger partial charge in [0.15, 0.2) is 0 Å². The first kappa shape index (κ1) is 31.8. The number of carbonyl (C=O) groups is 3. The van der Waals surface area contributed by atoms with Crippen LogP contribution in [0.3, 0.4) is 0 Å². The molecule has 234 valence electrons. The molecule has 0 saturated carbocycles. The minimum absolute atomic E-state index is 0.0862. The molecule has 2 fully saturated rings. The van der Waals surface area contributed by atoms with Gasteiger partial charge in [-0.15, -0.1) is 0 Å². The van der Waals surface area contributed by atoms with Crippen LogP contribution in [-0.4, -0.2) is 58.8 Å². The highest BCUT2D eigenvalue weighted by Crippen LogP contribution is 2.50. The maximum atomic E-state index is 13.7. The van der Waals surface area contributed by atoms with Crippen LogP contribution in [0.15, 0.2) is 65.3 Å². The molecule has 1 aliphatic carbocycles. The van der Waals surface area contributed by atoms with Crippen molar-refractivity contribution < 1.29 is 34.1 Å². The summed E-state index contributed by atoms with van der Waals surface area (Å²) in [4.78, 5) is 39.5. The van der Waals surface area contributed by atoms with Crippen molar-refractivity contribution in [1.29, 1.82) is 0 Å². The van der Waals surface area contributed by atoms with Crippen molar-refractivity contribution in [2.75, 3.05) is 19.8 Å². The van der Waals surface area contributed by atoms with Crippen LogP contribution in [0.5, 0.6) is 11.5 Å². The summed E-state index contributed by atoms with van der Waals surface area (Å²) in [5, 5.41) is 19.1. The number of unbranched alkanes of at least 4 members (excludes halogenated alkanes) is 2. The topological polar surface area (TPSA) is 113 Å². The average Bonchev–Trinajstić information content (AvgIpc) is 3.53. The number of benzene rings is 2. The summed E-state index contributed by atoms with van der Waals surface area (Å²) >= 11 is 6.36. The van der Waals surface area contributed by atoms with Crippen LogP contribution < -0.4 is 4.74 Å². The lowest BCUT2D eigenvalue weighted by atomic mass is 9.69. The molecule has 2 aromatic rings. The van der Waals surface area contributed by atoms with Gasteiger partial charge in [0.2, 0.25) is 11.8 Å². The highest BCUT2D eigenvalue weighted by atomic mass is 35.5. The Bertz CT molecular complexity index is 1440. The van der Waals surface area contributed by atoms with Crippen LogP contribution in [-0.2, 0) is 19.1 Å². The van der Waals surface area contributed by atoms with Gasteiger partial charge in [0.25, 0.3) is 0 Å². The second-order valence-corrected chi connectivity index (χ2v) is 12.3. The summed E-state index contributed by atoms with van der Waals surface area (Å²) in [5.74, 6) is -1.30. The number of hydrogen-bond acceptors (Lipinski definition) is 6. The van der Waals surface area contributed by atoms with Crippen LogP contribution in [0.25, 0.3) is 6.08 Å². The van der Waals surface area contributed by atoms with E-state index in [4.69, 9.17) is 26.2 Å². The number of aliphatic carboxylic acids is 1. The number of carboxylic acid groups (broad SMARTS) is 1. The molecule has 0 bridgehead atoms. The second-order valence-electron chi connectivity index (χ2n) is 11.9. The fraction of sp³-hybridized carbons (Fsp3) is 0.457. The lowest BCUT2D eigenvalue weighted by Gasteiger charge is -2.31. The van der Waals surface area contributed by atoms with Gasteiger partial charge in [0.05, 0.1) is 29.6 Å². The number of aromatic hydroxyl groups is 1. The van der Waals surface area contributed by atoms with Crippen molar-refractivity contribution in [3.63, 3.8) is 0 Å². The number of para-hydroxylation sites is 1. The van der Waals surface area contributed by atoms with Gasteiger partial charge in [-0.25, -0.2) is 0 Å². The molecule has 9 heteroatoms. The fourth-order valence-electron chi connectivity index (χ4n) is 6.82. The molecule has 5 rings (SSSR count). The molecular formula is C35H40ClNO7. The zero-order valence-electron chi connectivity index (χ0n) is 25.0. The van der Waals surface area contributed by atoms with Crippen molar-refractivity contribution in [2.24, 2.45) is 17.8 Å². The molecule has 8 nitrogen and oxygen atoms in total. The molecule has 0 aromatic heterocycles. The van der Waals surface area contributed by atoms with E-state index in [1.54, 1.807) is 12.1 Å². The van der Waals surface area contributed by atoms with Gasteiger partial charge in [0.1, 0.15) is 18.1 Å². The minimum atomic E-state index is -0.838. The number of nitrogens with zero attached hydrogens (tertiary/aromatic N) is 1. The van der Waals surface area contributed by atoms with E-state index < -0.39 is 17.8 Å². The van der Waals surface area contributed by atoms with E-state index in [9.17, 15) is 19.5 Å². The third kappa shape index (κ3) is 7.19. The number of ether oxygens (including phenoxy) is 2. The van der Waals surface area contributed by atoms with E-state index in [0.29, 0.717) is 50.5 Å². The number of rotatable bonds is 14. The van der Waals surface area contributed by atoms with E-state index in [0.717, 1.165) is 41.7 Å². The molecule has 2 aromatic carbocycles. The third-order valence-electron chi connectivity index (χ3n) is 9.05. The molecule has 3 aliphatic rings. The normalized spacial score (nSPS) is 23.2. The number of amides is 2. The summed E-state index contributed by atoms with van der Waals surface area (Å²) in [6.45, 7) is 3.13. The predicted octanol–water partition coefficient (Wildman–Crippen LogP) is 6.66. The monoisotopic (exact) mass is 621 g/mol. The van der Waals surface area contributed by atoms with Crippen molar-refractivity contribution in [2.45, 2.75) is 64.4 Å². The molecule has 2 amide bonds. The molecule has 44 heavy (non-hydrogen) atoms. The Morgan fingerprint density at radius 2 is 1.86 bits per heavy atom. The van der Waals surface area contributed by atoms with Crippen LogP contribution in [0.2, 0.25) is 5.02 Å². The highest BCUT2D eigenvalue weighted by Gasteiger charge is 2.56. The smallest absolute Gasteiger partial charge is 0.303 e. The number of hydrogen-bond donors (Lipinski definition) is 2. The first-order valence-corrected chi connectivity index (χ1v) is 15.9. The number of carbonyl (C=O) groups excluding carboxylic acids is 2. The van der Waals surface area contributed by atoms with E-state index in [-0.39, 0.29) is 36.0 Å². The number of phenols is 1. The average molecular weight is 622 g/mol. The molecule has 4 atom stereocenters. The van der Waals surface area contributed by atoms with Crippen molar-refractivity contribution in [3.8, 4) is 11.5 Å². The number of halogens is 1. The molecule has 2 N–H and O–H groups in total. The van der Waals surface area contributed by atoms with E-state index >= 15 is 0 Å². The maximum Gasteiger partial charge on any atom is 0.303 e. The van der Waals surface area contributed by atoms with Gasteiger partial charge < -0.3 is 19.7 Å². The first-order chi connectivity index (χ1) is 21.3. The van der Waals surface area contributed by atoms with Crippen LogP contribution in [0.4, 0.5) is 0 Å². The van der Waals surface area contributed by atoms with E-state index in [1.807, 2.05) is 30.3 Å². The fourth-order valence-corrected chi connectivity index (χ4v) is 7.05. The number of fused-ring (bicyclic) bond motifs is 3. The lowest BCUT2D eigenvalue weighted by molar-refractivity contribution is -0.141. The van der Waals surface area contributed by atoms with Crippen LogP contribution in [0, 0.1) is 17.8 Å². The zero-order chi connectivity index (χ0) is 31.2. The maximum absolute atomic E-state index is 13.7. The van der Waals surface area contributed by atoms with Gasteiger partial charge in [0, 0.05) is 18.9 Å². The van der Waals surface area contributed by atoms with Crippen molar-refractivity contribution >= 4 is 35.5 Å². The Kier molecular flexibility index (Phi) is 10.4. The molecule has 0 unspecified atom stereocenters. The SMILES string of the molecule is CC/C(=C\c1ccc(O)cc1Cl)CC[C@H]1OC[C@H]2C1=C(COc1ccccc1)C[C@H]1C(=O)N(CCCCCC(=O)O)C(=O)[C@H]12. The Labute approximate surface area is 263 Å². The van der Waals surface area contributed by atoms with Gasteiger partial charge >= 0.3 is 5.97 Å². The number of imide groups is 1. The highest BCUT2D eigenvalue weighted by molar-refractivity contribution is 6.32. The number of phenolic OH excluding ortho intramolecular Hbond substituents is 1. The summed E-state index contributed by atoms with van der Waals surface area (Å²) in [6, 6.07) is 14.5. The van der Waals surface area contributed by atoms with Gasteiger partial charge in [-0.05, 0) is 85.6 Å². The Morgan fingerprint density at radius 3 is 2.59 bits per heavy atom. The number of allylic oxidation sites excluding steroid dienone is 1. The first-order valence-electron chi connectivity index (χ1n) is 15.5. The molecule has 2 aliphatic heterocycles. The zero-order valence-corrected chi connectivity index (χ0v) is 25.8. The van der Waals surface area contributed by atoms with Gasteiger partial charge in [-0.2, -0.15) is 0 Å². The Hall–Kier alpha value is -3.62.